The summed E-state index contributed by atoms with van der Waals surface area (Å²) in [4.78, 5) is 30.0. The topological polar surface area (TPSA) is 106 Å². The van der Waals surface area contributed by atoms with Gasteiger partial charge in [-0.1, -0.05) is 27.5 Å². The zero-order valence-electron chi connectivity index (χ0n) is 15.4. The van der Waals surface area contributed by atoms with Crippen molar-refractivity contribution in [2.24, 2.45) is 5.84 Å². The summed E-state index contributed by atoms with van der Waals surface area (Å²) in [6, 6.07) is 8.13. The van der Waals surface area contributed by atoms with Crippen LogP contribution in [0.4, 0.5) is 5.69 Å². The molecule has 0 aliphatic carbocycles. The molecular weight excluding hydrogens is 607 g/mol. The zero-order chi connectivity index (χ0) is 22.0. The summed E-state index contributed by atoms with van der Waals surface area (Å²) in [5.74, 6) is 5.10. The first kappa shape index (κ1) is 22.9. The van der Waals surface area contributed by atoms with Crippen LogP contribution in [0.5, 0.6) is 0 Å². The van der Waals surface area contributed by atoms with Crippen molar-refractivity contribution < 1.29 is 9.59 Å². The molecule has 0 spiro atoms. The fourth-order valence-corrected chi connectivity index (χ4v) is 4.46. The SMILES string of the molecule is CCN(N)C(=O)c1cc(Br)cc(Br)c1NC(=O)c1cc(Br)nn1-c1ncccc1Cl. The average molecular weight is 622 g/mol. The Kier molecular flexibility index (Phi) is 7.30. The Morgan fingerprint density at radius 3 is 2.67 bits per heavy atom. The van der Waals surface area contributed by atoms with Crippen molar-refractivity contribution in [3.05, 3.63) is 66.4 Å². The number of aromatic nitrogens is 3. The number of carbonyl (C=O) groups excluding carboxylic acids is 2. The molecule has 0 atom stereocenters. The van der Waals surface area contributed by atoms with Crippen molar-refractivity contribution in [2.45, 2.75) is 6.92 Å². The molecule has 0 saturated heterocycles. The van der Waals surface area contributed by atoms with Crippen molar-refractivity contribution >= 4 is 76.9 Å². The predicted molar refractivity (Wildman–Crippen MR) is 125 cm³/mol. The molecule has 0 aliphatic rings. The average Bonchev–Trinajstić information content (AvgIpc) is 3.10. The van der Waals surface area contributed by atoms with Gasteiger partial charge in [-0.15, -0.1) is 0 Å². The van der Waals surface area contributed by atoms with E-state index >= 15 is 0 Å². The smallest absolute Gasteiger partial charge is 0.274 e. The number of carbonyl (C=O) groups is 2. The molecule has 156 valence electrons. The van der Waals surface area contributed by atoms with Crippen molar-refractivity contribution in [3.8, 4) is 5.82 Å². The maximum absolute atomic E-state index is 13.1. The fraction of sp³-hybridized carbons (Fsp3) is 0.111. The third kappa shape index (κ3) is 4.75. The summed E-state index contributed by atoms with van der Waals surface area (Å²) in [7, 11) is 0. The van der Waals surface area contributed by atoms with Crippen LogP contribution in [-0.4, -0.2) is 38.1 Å². The van der Waals surface area contributed by atoms with E-state index in [1.807, 2.05) is 0 Å². The second-order valence-electron chi connectivity index (χ2n) is 5.93. The van der Waals surface area contributed by atoms with Gasteiger partial charge in [-0.25, -0.2) is 15.5 Å². The molecule has 3 rings (SSSR count). The molecule has 8 nitrogen and oxygen atoms in total. The van der Waals surface area contributed by atoms with E-state index in [9.17, 15) is 9.59 Å². The minimum atomic E-state index is -0.521. The highest BCUT2D eigenvalue weighted by Crippen LogP contribution is 2.32. The third-order valence-corrected chi connectivity index (χ3v) is 5.74. The van der Waals surface area contributed by atoms with Gasteiger partial charge in [0.1, 0.15) is 10.3 Å². The molecular formula is C18H14Br3ClN6O2. The molecule has 0 saturated carbocycles. The fourth-order valence-electron chi connectivity index (χ4n) is 2.55. The van der Waals surface area contributed by atoms with Crippen LogP contribution in [0.15, 0.2) is 50.1 Å². The molecule has 12 heteroatoms. The van der Waals surface area contributed by atoms with Gasteiger partial charge in [-0.05, 0) is 63.0 Å². The Bertz CT molecular complexity index is 1140. The van der Waals surface area contributed by atoms with Crippen LogP contribution in [0.2, 0.25) is 5.02 Å². The quantitative estimate of drug-likeness (QED) is 0.242. The van der Waals surface area contributed by atoms with Crippen LogP contribution in [-0.2, 0) is 0 Å². The number of pyridine rings is 1. The lowest BCUT2D eigenvalue weighted by Gasteiger charge is -2.18. The van der Waals surface area contributed by atoms with Crippen molar-refractivity contribution in [3.63, 3.8) is 0 Å². The Hall–Kier alpha value is -1.79. The highest BCUT2D eigenvalue weighted by molar-refractivity contribution is 9.11. The number of hydrazine groups is 1. The number of anilines is 1. The second-order valence-corrected chi connectivity index (χ2v) is 8.92. The lowest BCUT2D eigenvalue weighted by atomic mass is 10.1. The normalized spacial score (nSPS) is 10.7. The number of amides is 2. The molecule has 0 unspecified atom stereocenters. The van der Waals surface area contributed by atoms with E-state index in [0.29, 0.717) is 30.9 Å². The van der Waals surface area contributed by atoms with Crippen molar-refractivity contribution in [1.82, 2.24) is 19.8 Å². The number of benzene rings is 1. The van der Waals surface area contributed by atoms with E-state index in [2.05, 4.69) is 63.2 Å². The summed E-state index contributed by atoms with van der Waals surface area (Å²) in [5.41, 5.74) is 0.652. The largest absolute Gasteiger partial charge is 0.319 e. The number of halogens is 4. The van der Waals surface area contributed by atoms with E-state index < -0.39 is 11.8 Å². The van der Waals surface area contributed by atoms with Gasteiger partial charge < -0.3 is 5.32 Å². The summed E-state index contributed by atoms with van der Waals surface area (Å²) < 4.78 is 2.88. The molecule has 2 heterocycles. The number of nitrogens with two attached hydrogens (primary N) is 1. The van der Waals surface area contributed by atoms with Crippen LogP contribution in [0.1, 0.15) is 27.8 Å². The van der Waals surface area contributed by atoms with Crippen LogP contribution < -0.4 is 11.2 Å². The van der Waals surface area contributed by atoms with E-state index in [1.165, 1.54) is 10.7 Å². The first-order valence-electron chi connectivity index (χ1n) is 8.46. The summed E-state index contributed by atoms with van der Waals surface area (Å²) in [5, 5.41) is 8.39. The molecule has 30 heavy (non-hydrogen) atoms. The predicted octanol–water partition coefficient (Wildman–Crippen LogP) is 4.80. The van der Waals surface area contributed by atoms with Gasteiger partial charge >= 0.3 is 0 Å². The van der Waals surface area contributed by atoms with Crippen LogP contribution in [0.3, 0.4) is 0 Å². The van der Waals surface area contributed by atoms with Gasteiger partial charge in [-0.2, -0.15) is 5.10 Å². The standard InChI is InChI=1S/C18H14Br3ClN6O2/c1-2-27(23)18(30)10-6-9(19)7-11(20)15(10)25-17(29)13-8-14(21)26-28(13)16-12(22)4-3-5-24-16/h3-8H,2,23H2,1H3,(H,25,29). The van der Waals surface area contributed by atoms with Crippen LogP contribution >= 0.6 is 59.4 Å². The highest BCUT2D eigenvalue weighted by atomic mass is 79.9. The molecule has 2 aromatic heterocycles. The maximum atomic E-state index is 13.1. The number of nitrogens with zero attached hydrogens (tertiary/aromatic N) is 4. The Balaban J connectivity index is 2.04. The van der Waals surface area contributed by atoms with Crippen LogP contribution in [0, 0.1) is 0 Å². The number of rotatable bonds is 5. The molecule has 1 aromatic carbocycles. The van der Waals surface area contributed by atoms with Crippen molar-refractivity contribution in [1.29, 1.82) is 0 Å². The Labute approximate surface area is 202 Å². The van der Waals surface area contributed by atoms with Gasteiger partial charge in [0.2, 0.25) is 0 Å². The minimum Gasteiger partial charge on any atom is -0.319 e. The van der Waals surface area contributed by atoms with Gasteiger partial charge in [0.15, 0.2) is 5.82 Å². The van der Waals surface area contributed by atoms with Gasteiger partial charge in [0.05, 0.1) is 16.3 Å². The van der Waals surface area contributed by atoms with Gasteiger partial charge in [-0.3, -0.25) is 14.6 Å². The molecule has 0 fully saturated rings. The Morgan fingerprint density at radius 1 is 1.27 bits per heavy atom. The first-order valence-corrected chi connectivity index (χ1v) is 11.2. The monoisotopic (exact) mass is 618 g/mol. The summed E-state index contributed by atoms with van der Waals surface area (Å²) >= 11 is 16.2. The van der Waals surface area contributed by atoms with E-state index in [4.69, 9.17) is 17.4 Å². The molecule has 3 aromatic rings. The van der Waals surface area contributed by atoms with E-state index in [0.717, 1.165) is 5.01 Å². The number of hydrogen-bond acceptors (Lipinski definition) is 5. The maximum Gasteiger partial charge on any atom is 0.274 e. The van der Waals surface area contributed by atoms with E-state index in [-0.39, 0.29) is 16.9 Å². The lowest BCUT2D eigenvalue weighted by molar-refractivity contribution is 0.0765. The van der Waals surface area contributed by atoms with Gasteiger partial charge in [0.25, 0.3) is 11.8 Å². The van der Waals surface area contributed by atoms with Crippen molar-refractivity contribution in [2.75, 3.05) is 11.9 Å². The number of nitrogens with one attached hydrogen (secondary N) is 1. The number of hydrogen-bond donors (Lipinski definition) is 2. The van der Waals surface area contributed by atoms with Gasteiger partial charge in [0, 0.05) is 27.8 Å². The first-order chi connectivity index (χ1) is 14.2. The second kappa shape index (κ2) is 9.56. The minimum absolute atomic E-state index is 0.163. The summed E-state index contributed by atoms with van der Waals surface area (Å²) in [6.45, 7) is 2.05. The molecule has 2 amide bonds. The lowest BCUT2D eigenvalue weighted by Crippen LogP contribution is -2.37. The molecule has 3 N–H and O–H groups in total. The zero-order valence-corrected chi connectivity index (χ0v) is 20.9. The highest BCUT2D eigenvalue weighted by Gasteiger charge is 2.24. The molecule has 0 aliphatic heterocycles. The molecule has 0 bridgehead atoms. The van der Waals surface area contributed by atoms with Crippen LogP contribution in [0.25, 0.3) is 5.82 Å². The molecule has 0 radical (unpaired) electrons. The third-order valence-electron chi connectivity index (χ3n) is 3.98. The van der Waals surface area contributed by atoms with E-state index in [1.54, 1.807) is 37.4 Å². The Morgan fingerprint density at radius 2 is 2.00 bits per heavy atom. The summed E-state index contributed by atoms with van der Waals surface area (Å²) in [6.07, 6.45) is 1.54.